The number of benzene rings is 1. The van der Waals surface area contributed by atoms with E-state index >= 15 is 0 Å². The largest absolute Gasteiger partial charge is 0.478 e. The fourth-order valence-corrected chi connectivity index (χ4v) is 2.93. The van der Waals surface area contributed by atoms with Crippen molar-refractivity contribution in [2.24, 2.45) is 5.92 Å². The number of H-pyrrole nitrogens is 1. The molecule has 1 aromatic carbocycles. The van der Waals surface area contributed by atoms with Crippen LogP contribution in [0.25, 0.3) is 10.9 Å². The summed E-state index contributed by atoms with van der Waals surface area (Å²) in [4.78, 5) is 26.5. The van der Waals surface area contributed by atoms with Gasteiger partial charge in [0.15, 0.2) is 4.77 Å². The average Bonchev–Trinajstić information content (AvgIpc) is 2.36. The van der Waals surface area contributed by atoms with Crippen molar-refractivity contribution in [3.05, 3.63) is 38.9 Å². The highest BCUT2D eigenvalue weighted by Crippen LogP contribution is 2.17. The Bertz CT molecular complexity index is 805. The second kappa shape index (κ2) is 5.81. The number of fused-ring (bicyclic) bond motifs is 1. The molecule has 1 heterocycles. The molecule has 0 bridgehead atoms. The molecule has 0 saturated heterocycles. The van der Waals surface area contributed by atoms with Crippen molar-refractivity contribution in [3.8, 4) is 0 Å². The van der Waals surface area contributed by atoms with Crippen molar-refractivity contribution in [3.63, 3.8) is 0 Å². The summed E-state index contributed by atoms with van der Waals surface area (Å²) in [5.74, 6) is -0.583. The first kappa shape index (κ1) is 15.4. The van der Waals surface area contributed by atoms with Gasteiger partial charge in [0.05, 0.1) is 16.5 Å². The molecule has 0 aliphatic heterocycles. The summed E-state index contributed by atoms with van der Waals surface area (Å²) in [5, 5.41) is 9.45. The molecule has 0 radical (unpaired) electrons. The van der Waals surface area contributed by atoms with E-state index in [4.69, 9.17) is 17.3 Å². The number of hydrogen-bond donors (Lipinski definition) is 2. The Morgan fingerprint density at radius 2 is 2.05 bits per heavy atom. The van der Waals surface area contributed by atoms with E-state index in [-0.39, 0.29) is 17.2 Å². The maximum atomic E-state index is 12.6. The number of aromatic carboxylic acids is 1. The molecule has 1 aromatic heterocycles. The zero-order chi connectivity index (χ0) is 15.7. The standard InChI is InChI=1S/C15H18N2O3S/c1-8(2)6-9(3)17-13(18)11-5-4-10(14(19)20)7-12(11)16-15(17)21/h4-5,7-9H,6H2,1-3H3,(H,16,21)(H,19,20). The second-order valence-corrected chi connectivity index (χ2v) is 6.04. The first-order chi connectivity index (χ1) is 9.81. The van der Waals surface area contributed by atoms with Gasteiger partial charge in [-0.15, -0.1) is 0 Å². The van der Waals surface area contributed by atoms with Crippen LogP contribution >= 0.6 is 12.2 Å². The molecule has 0 fully saturated rings. The van der Waals surface area contributed by atoms with Crippen LogP contribution in [0.15, 0.2) is 23.0 Å². The molecule has 0 saturated carbocycles. The Kier molecular flexibility index (Phi) is 4.27. The summed E-state index contributed by atoms with van der Waals surface area (Å²) in [7, 11) is 0. The van der Waals surface area contributed by atoms with Crippen LogP contribution < -0.4 is 5.56 Å². The molecule has 0 spiro atoms. The lowest BCUT2D eigenvalue weighted by atomic mass is 10.0. The van der Waals surface area contributed by atoms with Crippen LogP contribution in [0.3, 0.4) is 0 Å². The van der Waals surface area contributed by atoms with Crippen LogP contribution in [0.1, 0.15) is 43.6 Å². The molecule has 0 aliphatic rings. The molecular formula is C15H18N2O3S. The van der Waals surface area contributed by atoms with E-state index in [2.05, 4.69) is 18.8 Å². The summed E-state index contributed by atoms with van der Waals surface area (Å²) < 4.78 is 1.89. The zero-order valence-corrected chi connectivity index (χ0v) is 13.0. The Morgan fingerprint density at radius 3 is 2.62 bits per heavy atom. The predicted molar refractivity (Wildman–Crippen MR) is 84.5 cm³/mol. The molecule has 0 aliphatic carbocycles. The maximum absolute atomic E-state index is 12.6. The summed E-state index contributed by atoms with van der Waals surface area (Å²) in [5.41, 5.74) is 0.400. The van der Waals surface area contributed by atoms with E-state index < -0.39 is 5.97 Å². The SMILES string of the molecule is CC(C)CC(C)n1c(=S)[nH]c2cc(C(=O)O)ccc2c1=O. The molecule has 1 atom stereocenters. The highest BCUT2D eigenvalue weighted by Gasteiger charge is 2.14. The Labute approximate surface area is 127 Å². The highest BCUT2D eigenvalue weighted by atomic mass is 32.1. The van der Waals surface area contributed by atoms with E-state index in [0.29, 0.717) is 21.6 Å². The Balaban J connectivity index is 2.66. The van der Waals surface area contributed by atoms with Gasteiger partial charge in [-0.3, -0.25) is 9.36 Å². The number of carbonyl (C=O) groups is 1. The smallest absolute Gasteiger partial charge is 0.335 e. The van der Waals surface area contributed by atoms with Gasteiger partial charge in [0.2, 0.25) is 0 Å². The minimum atomic E-state index is -1.03. The Hall–Kier alpha value is -1.95. The number of hydrogen-bond acceptors (Lipinski definition) is 3. The van der Waals surface area contributed by atoms with Gasteiger partial charge in [0, 0.05) is 6.04 Å². The molecule has 2 rings (SSSR count). The molecule has 2 N–H and O–H groups in total. The van der Waals surface area contributed by atoms with Crippen molar-refractivity contribution in [2.45, 2.75) is 33.2 Å². The number of carboxylic acids is 1. The summed E-state index contributed by atoms with van der Waals surface area (Å²) >= 11 is 5.26. The third kappa shape index (κ3) is 3.05. The third-order valence-corrected chi connectivity index (χ3v) is 3.73. The summed E-state index contributed by atoms with van der Waals surface area (Å²) in [6, 6.07) is 4.39. The maximum Gasteiger partial charge on any atom is 0.335 e. The van der Waals surface area contributed by atoms with Crippen LogP contribution in [-0.4, -0.2) is 20.6 Å². The topological polar surface area (TPSA) is 75.1 Å². The highest BCUT2D eigenvalue weighted by molar-refractivity contribution is 7.71. The minimum Gasteiger partial charge on any atom is -0.478 e. The van der Waals surface area contributed by atoms with Crippen LogP contribution in [0.5, 0.6) is 0 Å². The third-order valence-electron chi connectivity index (χ3n) is 3.43. The number of aromatic nitrogens is 2. The second-order valence-electron chi connectivity index (χ2n) is 5.65. The van der Waals surface area contributed by atoms with E-state index in [0.717, 1.165) is 6.42 Å². The zero-order valence-electron chi connectivity index (χ0n) is 12.2. The van der Waals surface area contributed by atoms with Gasteiger partial charge < -0.3 is 10.1 Å². The van der Waals surface area contributed by atoms with Crippen molar-refractivity contribution < 1.29 is 9.90 Å². The fraction of sp³-hybridized carbons (Fsp3) is 0.400. The van der Waals surface area contributed by atoms with E-state index in [1.165, 1.54) is 18.2 Å². The lowest BCUT2D eigenvalue weighted by molar-refractivity contribution is 0.0697. The summed E-state index contributed by atoms with van der Waals surface area (Å²) in [6.07, 6.45) is 0.843. The average molecular weight is 306 g/mol. The summed E-state index contributed by atoms with van der Waals surface area (Å²) in [6.45, 7) is 6.14. The first-order valence-corrected chi connectivity index (χ1v) is 7.24. The van der Waals surface area contributed by atoms with Crippen LogP contribution in [0, 0.1) is 10.7 Å². The monoisotopic (exact) mass is 306 g/mol. The number of nitrogens with one attached hydrogen (secondary N) is 1. The molecule has 1 unspecified atom stereocenters. The van der Waals surface area contributed by atoms with Gasteiger partial charge in [0.25, 0.3) is 5.56 Å². The van der Waals surface area contributed by atoms with Crippen molar-refractivity contribution in [2.75, 3.05) is 0 Å². The van der Waals surface area contributed by atoms with Crippen LogP contribution in [0.4, 0.5) is 0 Å². The quantitative estimate of drug-likeness (QED) is 0.849. The van der Waals surface area contributed by atoms with Gasteiger partial charge in [0.1, 0.15) is 0 Å². The normalized spacial score (nSPS) is 12.8. The fourth-order valence-electron chi connectivity index (χ4n) is 2.55. The molecule has 0 amide bonds. The van der Waals surface area contributed by atoms with Gasteiger partial charge in [-0.1, -0.05) is 13.8 Å². The molecule has 5 nitrogen and oxygen atoms in total. The number of nitrogens with zero attached hydrogens (tertiary/aromatic N) is 1. The van der Waals surface area contributed by atoms with Gasteiger partial charge in [-0.25, -0.2) is 4.79 Å². The van der Waals surface area contributed by atoms with E-state index in [9.17, 15) is 9.59 Å². The molecule has 2 aromatic rings. The number of carboxylic acid groups (broad SMARTS) is 1. The van der Waals surface area contributed by atoms with Crippen LogP contribution in [0.2, 0.25) is 0 Å². The van der Waals surface area contributed by atoms with Gasteiger partial charge >= 0.3 is 5.97 Å². The number of aromatic amines is 1. The van der Waals surface area contributed by atoms with Crippen molar-refractivity contribution >= 4 is 29.1 Å². The molecule has 112 valence electrons. The van der Waals surface area contributed by atoms with E-state index in [1.54, 1.807) is 4.57 Å². The lowest BCUT2D eigenvalue weighted by Crippen LogP contribution is -2.26. The number of rotatable bonds is 4. The van der Waals surface area contributed by atoms with Crippen molar-refractivity contribution in [1.82, 2.24) is 9.55 Å². The first-order valence-electron chi connectivity index (χ1n) is 6.83. The molecular weight excluding hydrogens is 288 g/mol. The molecule has 21 heavy (non-hydrogen) atoms. The minimum absolute atomic E-state index is 0.00944. The van der Waals surface area contributed by atoms with Gasteiger partial charge in [-0.2, -0.15) is 0 Å². The van der Waals surface area contributed by atoms with Crippen molar-refractivity contribution in [1.29, 1.82) is 0 Å². The predicted octanol–water partition coefficient (Wildman–Crippen LogP) is 3.36. The van der Waals surface area contributed by atoms with Gasteiger partial charge in [-0.05, 0) is 49.7 Å². The van der Waals surface area contributed by atoms with E-state index in [1.807, 2.05) is 6.92 Å². The Morgan fingerprint density at radius 1 is 1.38 bits per heavy atom. The van der Waals surface area contributed by atoms with Crippen LogP contribution in [-0.2, 0) is 0 Å². The lowest BCUT2D eigenvalue weighted by Gasteiger charge is -2.18. The molecule has 6 heteroatoms.